The van der Waals surface area contributed by atoms with Crippen molar-refractivity contribution >= 4 is 5.78 Å². The van der Waals surface area contributed by atoms with Crippen molar-refractivity contribution in [2.45, 2.75) is 129 Å². The summed E-state index contributed by atoms with van der Waals surface area (Å²) in [4.78, 5) is 15.1. The smallest absolute Gasteiger partial charge is 0.136 e. The van der Waals surface area contributed by atoms with Gasteiger partial charge < -0.3 is 14.4 Å². The van der Waals surface area contributed by atoms with Gasteiger partial charge >= 0.3 is 0 Å². The van der Waals surface area contributed by atoms with Crippen LogP contribution in [-0.4, -0.2) is 53.7 Å². The molecule has 0 unspecified atom stereocenters. The molecule has 0 aromatic rings. The Labute approximate surface area is 179 Å². The van der Waals surface area contributed by atoms with E-state index in [-0.39, 0.29) is 11.2 Å². The Morgan fingerprint density at radius 2 is 1.55 bits per heavy atom. The molecule has 0 heterocycles. The van der Waals surface area contributed by atoms with Gasteiger partial charge in [0.15, 0.2) is 0 Å². The highest BCUT2D eigenvalue weighted by Crippen LogP contribution is 2.60. The van der Waals surface area contributed by atoms with Gasteiger partial charge in [0, 0.05) is 31.0 Å². The minimum atomic E-state index is -0.0711. The Bertz CT molecular complexity index is 554. The van der Waals surface area contributed by atoms with Crippen LogP contribution in [0.5, 0.6) is 0 Å². The molecule has 4 nitrogen and oxygen atoms in total. The lowest BCUT2D eigenvalue weighted by Gasteiger charge is -2.61. The molecule has 29 heavy (non-hydrogen) atoms. The fourth-order valence-corrected chi connectivity index (χ4v) is 5.52. The minimum absolute atomic E-state index is 0.0260. The van der Waals surface area contributed by atoms with Crippen LogP contribution in [0.4, 0.5) is 0 Å². The second kappa shape index (κ2) is 8.59. The Morgan fingerprint density at radius 3 is 2.10 bits per heavy atom. The highest BCUT2D eigenvalue weighted by molar-refractivity contribution is 5.82. The van der Waals surface area contributed by atoms with Crippen molar-refractivity contribution < 1.29 is 14.3 Å². The number of nitrogens with zero attached hydrogens (tertiary/aromatic N) is 1. The monoisotopic (exact) mass is 407 g/mol. The maximum absolute atomic E-state index is 12.5. The molecule has 0 amide bonds. The number of hydrogen-bond donors (Lipinski definition) is 0. The first-order valence-corrected chi connectivity index (χ1v) is 11.9. The normalized spacial score (nSPS) is 34.6. The predicted molar refractivity (Wildman–Crippen MR) is 118 cm³/mol. The molecule has 3 aliphatic rings. The zero-order valence-electron chi connectivity index (χ0n) is 20.1. The van der Waals surface area contributed by atoms with Gasteiger partial charge in [0.25, 0.3) is 0 Å². The quantitative estimate of drug-likeness (QED) is 0.481. The Hall–Kier alpha value is -0.450. The van der Waals surface area contributed by atoms with Crippen LogP contribution in [-0.2, 0) is 14.3 Å². The van der Waals surface area contributed by atoms with E-state index in [9.17, 15) is 4.79 Å². The molecule has 4 heteroatoms. The van der Waals surface area contributed by atoms with Gasteiger partial charge in [0.1, 0.15) is 5.78 Å². The highest BCUT2D eigenvalue weighted by Gasteiger charge is 2.56. The van der Waals surface area contributed by atoms with E-state index in [1.54, 1.807) is 0 Å². The number of rotatable bonds is 9. The van der Waals surface area contributed by atoms with Crippen LogP contribution in [0.3, 0.4) is 0 Å². The van der Waals surface area contributed by atoms with Gasteiger partial charge in [-0.2, -0.15) is 0 Å². The first-order valence-electron chi connectivity index (χ1n) is 11.9. The molecule has 0 aromatic carbocycles. The summed E-state index contributed by atoms with van der Waals surface area (Å²) in [6, 6.07) is 1.42. The van der Waals surface area contributed by atoms with Crippen LogP contribution < -0.4 is 0 Å². The van der Waals surface area contributed by atoms with Gasteiger partial charge in [-0.25, -0.2) is 0 Å². The summed E-state index contributed by atoms with van der Waals surface area (Å²) < 4.78 is 11.8. The first-order chi connectivity index (χ1) is 13.4. The van der Waals surface area contributed by atoms with Crippen molar-refractivity contribution in [2.75, 3.05) is 13.7 Å². The van der Waals surface area contributed by atoms with Gasteiger partial charge in [-0.1, -0.05) is 0 Å². The maximum atomic E-state index is 12.5. The minimum Gasteiger partial charge on any atom is -0.376 e. The van der Waals surface area contributed by atoms with E-state index in [0.29, 0.717) is 29.3 Å². The van der Waals surface area contributed by atoms with Crippen LogP contribution in [0, 0.1) is 11.3 Å². The van der Waals surface area contributed by atoms with Crippen LogP contribution in [0.2, 0.25) is 0 Å². The lowest BCUT2D eigenvalue weighted by molar-refractivity contribution is -0.154. The highest BCUT2D eigenvalue weighted by atomic mass is 16.5. The SMILES string of the molecule is CN(C1CC(OC(C)(C)C)C1)C1CC2(CC(C(=O)CCCCOC(C)(C)C)C2)C1. The predicted octanol–water partition coefficient (Wildman–Crippen LogP) is 5.38. The largest absolute Gasteiger partial charge is 0.376 e. The van der Waals surface area contributed by atoms with Gasteiger partial charge in [0.2, 0.25) is 0 Å². The summed E-state index contributed by atoms with van der Waals surface area (Å²) in [6.07, 6.45) is 10.4. The molecule has 0 radical (unpaired) electrons. The third-order valence-electron chi connectivity index (χ3n) is 7.25. The van der Waals surface area contributed by atoms with Crippen LogP contribution in [0.1, 0.15) is 99.3 Å². The fourth-order valence-electron chi connectivity index (χ4n) is 5.52. The van der Waals surface area contributed by atoms with Crippen molar-refractivity contribution in [1.82, 2.24) is 4.90 Å². The first kappa shape index (κ1) is 23.2. The zero-order chi connectivity index (χ0) is 21.4. The molecule has 0 bridgehead atoms. The third kappa shape index (κ3) is 6.27. The summed E-state index contributed by atoms with van der Waals surface area (Å²) in [5.41, 5.74) is 0.403. The van der Waals surface area contributed by atoms with Gasteiger partial charge in [-0.05, 0) is 105 Å². The lowest BCUT2D eigenvalue weighted by Crippen LogP contribution is -2.61. The van der Waals surface area contributed by atoms with Crippen molar-refractivity contribution in [2.24, 2.45) is 11.3 Å². The van der Waals surface area contributed by atoms with Gasteiger partial charge in [-0.15, -0.1) is 0 Å². The molecule has 1 spiro atoms. The number of ketones is 1. The molecule has 0 N–H and O–H groups in total. The zero-order valence-corrected chi connectivity index (χ0v) is 20.1. The summed E-state index contributed by atoms with van der Waals surface area (Å²) in [7, 11) is 2.30. The Balaban J connectivity index is 1.26. The number of carbonyl (C=O) groups is 1. The summed E-state index contributed by atoms with van der Waals surface area (Å²) >= 11 is 0. The molecule has 0 saturated heterocycles. The van der Waals surface area contributed by atoms with Crippen molar-refractivity contribution in [3.63, 3.8) is 0 Å². The molecule has 168 valence electrons. The van der Waals surface area contributed by atoms with E-state index < -0.39 is 0 Å². The second-order valence-electron chi connectivity index (χ2n) is 12.2. The summed E-state index contributed by atoms with van der Waals surface area (Å²) in [6.45, 7) is 13.5. The summed E-state index contributed by atoms with van der Waals surface area (Å²) in [5, 5.41) is 0. The molecular formula is C25H45NO3. The second-order valence-corrected chi connectivity index (χ2v) is 12.2. The number of carbonyl (C=O) groups excluding carboxylic acids is 1. The van der Waals surface area contributed by atoms with Crippen LogP contribution >= 0.6 is 0 Å². The molecular weight excluding hydrogens is 362 g/mol. The number of hydrogen-bond acceptors (Lipinski definition) is 4. The van der Waals surface area contributed by atoms with E-state index >= 15 is 0 Å². The molecule has 3 saturated carbocycles. The van der Waals surface area contributed by atoms with Crippen molar-refractivity contribution in [1.29, 1.82) is 0 Å². The van der Waals surface area contributed by atoms with E-state index in [1.807, 2.05) is 0 Å². The Morgan fingerprint density at radius 1 is 0.931 bits per heavy atom. The molecule has 0 aromatic heterocycles. The van der Waals surface area contributed by atoms with Crippen LogP contribution in [0.15, 0.2) is 0 Å². The molecule has 0 aliphatic heterocycles. The van der Waals surface area contributed by atoms with E-state index in [2.05, 4.69) is 53.5 Å². The van der Waals surface area contributed by atoms with Gasteiger partial charge in [0.05, 0.1) is 17.3 Å². The average Bonchev–Trinajstić information content (AvgIpc) is 2.45. The number of ether oxygens (including phenoxy) is 2. The average molecular weight is 408 g/mol. The maximum Gasteiger partial charge on any atom is 0.136 e. The van der Waals surface area contributed by atoms with Crippen LogP contribution in [0.25, 0.3) is 0 Å². The van der Waals surface area contributed by atoms with Crippen molar-refractivity contribution in [3.05, 3.63) is 0 Å². The van der Waals surface area contributed by atoms with E-state index in [0.717, 1.165) is 44.8 Å². The van der Waals surface area contributed by atoms with Gasteiger partial charge in [-0.3, -0.25) is 4.79 Å². The molecule has 3 fully saturated rings. The third-order valence-corrected chi connectivity index (χ3v) is 7.25. The molecule has 3 aliphatic carbocycles. The molecule has 3 rings (SSSR count). The lowest BCUT2D eigenvalue weighted by atomic mass is 9.49. The Kier molecular flexibility index (Phi) is 6.88. The van der Waals surface area contributed by atoms with E-state index in [1.165, 1.54) is 25.7 Å². The number of unbranched alkanes of at least 4 members (excludes halogenated alkanes) is 1. The number of Topliss-reactive ketones (excluding diaryl/α,β-unsaturated/α-hetero) is 1. The fraction of sp³-hybridized carbons (Fsp3) is 0.960. The standard InChI is InChI=1S/C25H45NO3/c1-23(2,3)28-11-9-8-10-22(27)18-14-25(15-18)16-20(17-25)26(7)19-12-21(13-19)29-24(4,5)6/h18-21H,8-17H2,1-7H3. The summed E-state index contributed by atoms with van der Waals surface area (Å²) in [5.74, 6) is 0.849. The van der Waals surface area contributed by atoms with E-state index in [4.69, 9.17) is 9.47 Å². The molecule has 0 atom stereocenters. The van der Waals surface area contributed by atoms with Crippen molar-refractivity contribution in [3.8, 4) is 0 Å². The topological polar surface area (TPSA) is 38.8 Å².